The fourth-order valence-corrected chi connectivity index (χ4v) is 5.19. The lowest BCUT2D eigenvalue weighted by molar-refractivity contribution is -0.133. The van der Waals surface area contributed by atoms with Crippen molar-refractivity contribution in [2.45, 2.75) is 64.2 Å². The predicted octanol–water partition coefficient (Wildman–Crippen LogP) is 4.43. The van der Waals surface area contributed by atoms with Gasteiger partial charge in [0.2, 0.25) is 5.91 Å². The van der Waals surface area contributed by atoms with Crippen LogP contribution in [-0.2, 0) is 17.9 Å². The zero-order valence-corrected chi connectivity index (χ0v) is 19.6. The van der Waals surface area contributed by atoms with E-state index in [1.54, 1.807) is 12.0 Å². The largest absolute Gasteiger partial charge is 0.497 e. The maximum atomic E-state index is 13.9. The number of rotatable bonds is 5. The van der Waals surface area contributed by atoms with Crippen molar-refractivity contribution in [1.29, 1.82) is 0 Å². The van der Waals surface area contributed by atoms with Gasteiger partial charge in [-0.15, -0.1) is 0 Å². The molecule has 1 saturated carbocycles. The van der Waals surface area contributed by atoms with Crippen LogP contribution in [0.4, 0.5) is 0 Å². The Balaban J connectivity index is 1.58. The summed E-state index contributed by atoms with van der Waals surface area (Å²) in [6.45, 7) is 4.73. The van der Waals surface area contributed by atoms with E-state index in [0.29, 0.717) is 18.8 Å². The second-order valence-electron chi connectivity index (χ2n) is 9.65. The smallest absolute Gasteiger partial charge is 0.271 e. The Morgan fingerprint density at radius 2 is 1.85 bits per heavy atom. The average molecular weight is 446 g/mol. The van der Waals surface area contributed by atoms with Gasteiger partial charge in [-0.25, -0.2) is 0 Å². The number of fused-ring (bicyclic) bond motifs is 3. The van der Waals surface area contributed by atoms with Crippen molar-refractivity contribution >= 4 is 22.7 Å². The second kappa shape index (κ2) is 8.25. The zero-order valence-electron chi connectivity index (χ0n) is 19.6. The normalized spacial score (nSPS) is 20.8. The van der Waals surface area contributed by atoms with E-state index >= 15 is 0 Å². The topological polar surface area (TPSA) is 63.6 Å². The monoisotopic (exact) mass is 445 g/mol. The van der Waals surface area contributed by atoms with Gasteiger partial charge in [0.15, 0.2) is 0 Å². The Labute approximate surface area is 194 Å². The van der Waals surface area contributed by atoms with Gasteiger partial charge in [-0.05, 0) is 50.5 Å². The third-order valence-corrected chi connectivity index (χ3v) is 7.28. The van der Waals surface area contributed by atoms with Crippen LogP contribution < -0.4 is 10.1 Å². The number of nitrogens with zero attached hydrogens (tertiary/aromatic N) is 2. The Morgan fingerprint density at radius 1 is 1.12 bits per heavy atom. The number of ether oxygens (including phenoxy) is 1. The first-order valence-electron chi connectivity index (χ1n) is 11.7. The van der Waals surface area contributed by atoms with Crippen LogP contribution in [0.5, 0.6) is 5.75 Å². The molecule has 1 aliphatic carbocycles. The van der Waals surface area contributed by atoms with E-state index in [9.17, 15) is 9.59 Å². The lowest BCUT2D eigenvalue weighted by Crippen LogP contribution is -2.64. The molecule has 1 N–H and O–H groups in total. The fourth-order valence-electron chi connectivity index (χ4n) is 5.19. The standard InChI is InChI=1S/C27H31N3O3/c1-18-8-10-19(11-9-18)16-30-25(31)24-14-20-12-13-22(33-3)15-23(20)29(24)17-27(30,2)26(32)28-21-6-4-5-7-21/h8-15,21H,4-7,16-17H2,1-3H3,(H,28,32). The lowest BCUT2D eigenvalue weighted by Gasteiger charge is -2.44. The summed E-state index contributed by atoms with van der Waals surface area (Å²) in [5.74, 6) is 0.529. The number of carbonyl (C=O) groups is 2. The molecule has 2 aromatic carbocycles. The van der Waals surface area contributed by atoms with Gasteiger partial charge in [-0.3, -0.25) is 9.59 Å². The summed E-state index contributed by atoms with van der Waals surface area (Å²) in [4.78, 5) is 29.3. The van der Waals surface area contributed by atoms with Crippen molar-refractivity contribution in [3.05, 3.63) is 65.4 Å². The molecule has 0 spiro atoms. The third-order valence-electron chi connectivity index (χ3n) is 7.28. The van der Waals surface area contributed by atoms with Gasteiger partial charge >= 0.3 is 0 Å². The van der Waals surface area contributed by atoms with Crippen LogP contribution in [0.25, 0.3) is 10.9 Å². The molecule has 6 nitrogen and oxygen atoms in total. The van der Waals surface area contributed by atoms with Crippen LogP contribution in [0.3, 0.4) is 0 Å². The van der Waals surface area contributed by atoms with E-state index < -0.39 is 5.54 Å². The fraction of sp³-hybridized carbons (Fsp3) is 0.407. The molecule has 1 aromatic heterocycles. The Morgan fingerprint density at radius 3 is 2.55 bits per heavy atom. The van der Waals surface area contributed by atoms with Crippen LogP contribution in [0, 0.1) is 6.92 Å². The number of benzene rings is 2. The lowest BCUT2D eigenvalue weighted by atomic mass is 9.93. The van der Waals surface area contributed by atoms with Crippen molar-refractivity contribution in [2.24, 2.45) is 0 Å². The SMILES string of the molecule is COc1ccc2cc3n(c2c1)CC(C)(C(=O)NC1CCCC1)N(Cc1ccc(C)cc1)C3=O. The maximum Gasteiger partial charge on any atom is 0.271 e. The Kier molecular flexibility index (Phi) is 5.39. The molecule has 1 unspecified atom stereocenters. The number of nitrogens with one attached hydrogen (secondary N) is 1. The molecule has 0 bridgehead atoms. The zero-order chi connectivity index (χ0) is 23.2. The molecule has 1 fully saturated rings. The molecule has 2 heterocycles. The molecule has 1 aliphatic heterocycles. The van der Waals surface area contributed by atoms with Crippen molar-refractivity contribution < 1.29 is 14.3 Å². The highest BCUT2D eigenvalue weighted by Crippen LogP contribution is 2.35. The summed E-state index contributed by atoms with van der Waals surface area (Å²) in [6, 6.07) is 16.1. The molecule has 6 heteroatoms. The molecule has 172 valence electrons. The summed E-state index contributed by atoms with van der Waals surface area (Å²) in [7, 11) is 1.63. The molecule has 1 atom stereocenters. The second-order valence-corrected chi connectivity index (χ2v) is 9.65. The van der Waals surface area contributed by atoms with Crippen LogP contribution in [-0.4, -0.2) is 40.0 Å². The number of amides is 2. The van der Waals surface area contributed by atoms with E-state index in [4.69, 9.17) is 4.74 Å². The minimum atomic E-state index is -1.01. The summed E-state index contributed by atoms with van der Waals surface area (Å²) >= 11 is 0. The number of aryl methyl sites for hydroxylation is 1. The highest BCUT2D eigenvalue weighted by atomic mass is 16.5. The van der Waals surface area contributed by atoms with Gasteiger partial charge < -0.3 is 19.5 Å². The van der Waals surface area contributed by atoms with Crippen molar-refractivity contribution in [3.8, 4) is 5.75 Å². The van der Waals surface area contributed by atoms with Crippen molar-refractivity contribution in [2.75, 3.05) is 7.11 Å². The van der Waals surface area contributed by atoms with Gasteiger partial charge in [0.1, 0.15) is 17.0 Å². The van der Waals surface area contributed by atoms with Gasteiger partial charge in [0.25, 0.3) is 5.91 Å². The van der Waals surface area contributed by atoms with Gasteiger partial charge in [-0.1, -0.05) is 42.7 Å². The summed E-state index contributed by atoms with van der Waals surface area (Å²) in [5.41, 5.74) is 2.69. The highest BCUT2D eigenvalue weighted by Gasteiger charge is 2.48. The molecule has 0 radical (unpaired) electrons. The predicted molar refractivity (Wildman–Crippen MR) is 128 cm³/mol. The van der Waals surface area contributed by atoms with Gasteiger partial charge in [0.05, 0.1) is 19.2 Å². The molecule has 2 aliphatic rings. The number of methoxy groups -OCH3 is 1. The maximum absolute atomic E-state index is 13.9. The quantitative estimate of drug-likeness (QED) is 0.632. The molecule has 5 rings (SSSR count). The minimum absolute atomic E-state index is 0.0785. The van der Waals surface area contributed by atoms with E-state index in [1.165, 1.54) is 5.56 Å². The van der Waals surface area contributed by atoms with E-state index in [2.05, 4.69) is 5.32 Å². The number of carbonyl (C=O) groups excluding carboxylic acids is 2. The average Bonchev–Trinajstić information content (AvgIpc) is 3.45. The number of aromatic nitrogens is 1. The van der Waals surface area contributed by atoms with Crippen molar-refractivity contribution in [1.82, 2.24) is 14.8 Å². The number of hydrogen-bond donors (Lipinski definition) is 1. The van der Waals surface area contributed by atoms with Crippen LogP contribution in [0.2, 0.25) is 0 Å². The van der Waals surface area contributed by atoms with E-state index in [0.717, 1.165) is 47.9 Å². The first-order chi connectivity index (χ1) is 15.9. The molecule has 2 amide bonds. The minimum Gasteiger partial charge on any atom is -0.497 e. The van der Waals surface area contributed by atoms with Crippen LogP contribution >= 0.6 is 0 Å². The molecule has 33 heavy (non-hydrogen) atoms. The van der Waals surface area contributed by atoms with E-state index in [1.807, 2.05) is 66.9 Å². The highest BCUT2D eigenvalue weighted by molar-refractivity contribution is 6.03. The summed E-state index contributed by atoms with van der Waals surface area (Å²) in [5, 5.41) is 4.22. The molecule has 3 aromatic rings. The first-order valence-corrected chi connectivity index (χ1v) is 11.7. The summed E-state index contributed by atoms with van der Waals surface area (Å²) in [6.07, 6.45) is 4.28. The molecular formula is C27H31N3O3. The Hall–Kier alpha value is -3.28. The van der Waals surface area contributed by atoms with Gasteiger partial charge in [0, 0.05) is 24.0 Å². The van der Waals surface area contributed by atoms with Crippen LogP contribution in [0.1, 0.15) is 54.2 Å². The van der Waals surface area contributed by atoms with Crippen molar-refractivity contribution in [3.63, 3.8) is 0 Å². The first kappa shape index (κ1) is 21.6. The third kappa shape index (κ3) is 3.77. The number of hydrogen-bond acceptors (Lipinski definition) is 3. The van der Waals surface area contributed by atoms with Crippen LogP contribution in [0.15, 0.2) is 48.5 Å². The summed E-state index contributed by atoms with van der Waals surface area (Å²) < 4.78 is 7.41. The molecular weight excluding hydrogens is 414 g/mol. The van der Waals surface area contributed by atoms with E-state index in [-0.39, 0.29) is 17.9 Å². The Bertz CT molecular complexity index is 1210. The van der Waals surface area contributed by atoms with Gasteiger partial charge in [-0.2, -0.15) is 0 Å². The molecule has 0 saturated heterocycles.